The van der Waals surface area contributed by atoms with Crippen molar-refractivity contribution in [3.05, 3.63) is 52.1 Å². The number of amides is 1. The van der Waals surface area contributed by atoms with Crippen LogP contribution in [0, 0.1) is 6.92 Å². The number of primary amides is 1. The molecule has 0 aliphatic heterocycles. The molecule has 0 spiro atoms. The SMILES string of the molecule is Cc1ccc(Cn2nnc3c(=O)n(CC(N)=O)cnc32)cc1. The molecule has 3 aromatic rings. The molecule has 0 atom stereocenters. The van der Waals surface area contributed by atoms with E-state index >= 15 is 0 Å². The maximum absolute atomic E-state index is 12.2. The Balaban J connectivity index is 1.99. The third-order valence-corrected chi connectivity index (χ3v) is 3.27. The van der Waals surface area contributed by atoms with Crippen molar-refractivity contribution in [2.75, 3.05) is 0 Å². The maximum atomic E-state index is 12.2. The summed E-state index contributed by atoms with van der Waals surface area (Å²) in [5.41, 5.74) is 7.35. The van der Waals surface area contributed by atoms with E-state index in [0.717, 1.165) is 10.1 Å². The Morgan fingerprint density at radius 3 is 2.68 bits per heavy atom. The fourth-order valence-electron chi connectivity index (χ4n) is 2.14. The van der Waals surface area contributed by atoms with Gasteiger partial charge < -0.3 is 5.73 Å². The van der Waals surface area contributed by atoms with Crippen molar-refractivity contribution in [2.24, 2.45) is 5.73 Å². The highest BCUT2D eigenvalue weighted by Gasteiger charge is 2.13. The highest BCUT2D eigenvalue weighted by Crippen LogP contribution is 2.08. The minimum atomic E-state index is -0.615. The third-order valence-electron chi connectivity index (χ3n) is 3.27. The molecular weight excluding hydrogens is 284 g/mol. The van der Waals surface area contributed by atoms with Gasteiger partial charge in [-0.25, -0.2) is 9.67 Å². The Morgan fingerprint density at radius 2 is 2.00 bits per heavy atom. The summed E-state index contributed by atoms with van der Waals surface area (Å²) in [5.74, 6) is -0.615. The summed E-state index contributed by atoms with van der Waals surface area (Å²) in [6, 6.07) is 7.97. The van der Waals surface area contributed by atoms with Crippen molar-refractivity contribution >= 4 is 17.1 Å². The minimum absolute atomic E-state index is 0.121. The first-order valence-electron chi connectivity index (χ1n) is 6.67. The molecule has 0 fully saturated rings. The van der Waals surface area contributed by atoms with Crippen LogP contribution in [0.3, 0.4) is 0 Å². The smallest absolute Gasteiger partial charge is 0.283 e. The summed E-state index contributed by atoms with van der Waals surface area (Å²) >= 11 is 0. The molecule has 112 valence electrons. The van der Waals surface area contributed by atoms with Gasteiger partial charge in [0.05, 0.1) is 6.54 Å². The fraction of sp³-hybridized carbons (Fsp3) is 0.214. The lowest BCUT2D eigenvalue weighted by Gasteiger charge is -2.04. The van der Waals surface area contributed by atoms with E-state index in [4.69, 9.17) is 5.73 Å². The zero-order chi connectivity index (χ0) is 15.7. The lowest BCUT2D eigenvalue weighted by molar-refractivity contribution is -0.118. The van der Waals surface area contributed by atoms with Crippen LogP contribution in [0.4, 0.5) is 0 Å². The van der Waals surface area contributed by atoms with Crippen molar-refractivity contribution in [3.8, 4) is 0 Å². The van der Waals surface area contributed by atoms with Gasteiger partial charge in [0.1, 0.15) is 12.9 Å². The van der Waals surface area contributed by atoms with Crippen LogP contribution in [0.1, 0.15) is 11.1 Å². The van der Waals surface area contributed by atoms with Crippen LogP contribution in [0.2, 0.25) is 0 Å². The van der Waals surface area contributed by atoms with Crippen LogP contribution < -0.4 is 11.3 Å². The zero-order valence-corrected chi connectivity index (χ0v) is 11.9. The maximum Gasteiger partial charge on any atom is 0.283 e. The number of fused-ring (bicyclic) bond motifs is 1. The molecule has 0 aliphatic rings. The molecule has 2 heterocycles. The first kappa shape index (κ1) is 13.9. The van der Waals surface area contributed by atoms with E-state index in [2.05, 4.69) is 15.3 Å². The lowest BCUT2D eigenvalue weighted by Crippen LogP contribution is -2.28. The molecule has 8 nitrogen and oxygen atoms in total. The van der Waals surface area contributed by atoms with Crippen molar-refractivity contribution in [3.63, 3.8) is 0 Å². The molecule has 0 bridgehead atoms. The van der Waals surface area contributed by atoms with Gasteiger partial charge in [-0.05, 0) is 12.5 Å². The van der Waals surface area contributed by atoms with E-state index < -0.39 is 11.5 Å². The molecule has 2 N–H and O–H groups in total. The number of aryl methyl sites for hydroxylation is 1. The van der Waals surface area contributed by atoms with Crippen molar-refractivity contribution < 1.29 is 4.79 Å². The van der Waals surface area contributed by atoms with Crippen LogP contribution >= 0.6 is 0 Å². The molecule has 1 amide bonds. The Bertz CT molecular complexity index is 894. The molecule has 0 radical (unpaired) electrons. The number of carbonyl (C=O) groups is 1. The molecule has 0 aliphatic carbocycles. The number of aromatic nitrogens is 5. The largest absolute Gasteiger partial charge is 0.368 e. The van der Waals surface area contributed by atoms with Crippen LogP contribution in [-0.2, 0) is 17.9 Å². The molecule has 3 rings (SSSR count). The second kappa shape index (κ2) is 5.40. The van der Waals surface area contributed by atoms with Crippen molar-refractivity contribution in [1.82, 2.24) is 24.5 Å². The summed E-state index contributed by atoms with van der Waals surface area (Å²) in [6.45, 7) is 2.24. The van der Waals surface area contributed by atoms with Crippen LogP contribution in [0.5, 0.6) is 0 Å². The Morgan fingerprint density at radius 1 is 1.27 bits per heavy atom. The van der Waals surface area contributed by atoms with Gasteiger partial charge in [-0.15, -0.1) is 5.10 Å². The molecule has 8 heteroatoms. The number of hydrogen-bond acceptors (Lipinski definition) is 5. The van der Waals surface area contributed by atoms with E-state index in [0.29, 0.717) is 12.2 Å². The molecular formula is C14H14N6O2. The molecule has 2 aromatic heterocycles. The monoisotopic (exact) mass is 298 g/mol. The standard InChI is InChI=1S/C14H14N6O2/c1-9-2-4-10(5-3-9)6-20-13-12(17-18-20)14(22)19(8-16-13)7-11(15)21/h2-5,8H,6-7H2,1H3,(H2,15,21). The molecule has 1 aromatic carbocycles. The van der Waals surface area contributed by atoms with E-state index in [1.807, 2.05) is 31.2 Å². The van der Waals surface area contributed by atoms with Gasteiger partial charge in [-0.3, -0.25) is 14.2 Å². The van der Waals surface area contributed by atoms with Gasteiger partial charge >= 0.3 is 0 Å². The summed E-state index contributed by atoms with van der Waals surface area (Å²) in [7, 11) is 0. The van der Waals surface area contributed by atoms with Gasteiger partial charge in [0.25, 0.3) is 5.56 Å². The van der Waals surface area contributed by atoms with Gasteiger partial charge in [-0.2, -0.15) is 0 Å². The normalized spacial score (nSPS) is 11.0. The van der Waals surface area contributed by atoms with Crippen LogP contribution in [-0.4, -0.2) is 30.5 Å². The van der Waals surface area contributed by atoms with Crippen LogP contribution in [0.25, 0.3) is 11.2 Å². The van der Waals surface area contributed by atoms with Crippen LogP contribution in [0.15, 0.2) is 35.4 Å². The van der Waals surface area contributed by atoms with Gasteiger partial charge in [0.2, 0.25) is 5.91 Å². The Kier molecular flexibility index (Phi) is 3.42. The lowest BCUT2D eigenvalue weighted by atomic mass is 10.1. The number of hydrogen-bond donors (Lipinski definition) is 1. The number of nitrogens with zero attached hydrogens (tertiary/aromatic N) is 5. The minimum Gasteiger partial charge on any atom is -0.368 e. The van der Waals surface area contributed by atoms with Crippen molar-refractivity contribution in [2.45, 2.75) is 20.0 Å². The first-order valence-corrected chi connectivity index (χ1v) is 6.67. The van der Waals surface area contributed by atoms with Gasteiger partial charge in [0, 0.05) is 0 Å². The third kappa shape index (κ3) is 2.58. The number of nitrogens with two attached hydrogens (primary N) is 1. The van der Waals surface area contributed by atoms with Gasteiger partial charge in [-0.1, -0.05) is 35.0 Å². The molecule has 0 unspecified atom stereocenters. The summed E-state index contributed by atoms with van der Waals surface area (Å²) in [6.07, 6.45) is 1.28. The number of carbonyl (C=O) groups excluding carboxylic acids is 1. The van der Waals surface area contributed by atoms with Gasteiger partial charge in [0.15, 0.2) is 11.2 Å². The molecule has 0 saturated heterocycles. The average molecular weight is 298 g/mol. The summed E-state index contributed by atoms with van der Waals surface area (Å²) in [5, 5.41) is 7.83. The average Bonchev–Trinajstić information content (AvgIpc) is 2.88. The molecule has 0 saturated carbocycles. The number of rotatable bonds is 4. The summed E-state index contributed by atoms with van der Waals surface area (Å²) < 4.78 is 2.67. The van der Waals surface area contributed by atoms with E-state index in [-0.39, 0.29) is 12.1 Å². The predicted molar refractivity (Wildman–Crippen MR) is 79.1 cm³/mol. The second-order valence-corrected chi connectivity index (χ2v) is 5.05. The van der Waals surface area contributed by atoms with E-state index in [9.17, 15) is 9.59 Å². The quantitative estimate of drug-likeness (QED) is 0.719. The number of benzene rings is 1. The predicted octanol–water partition coefficient (Wildman–Crippen LogP) is -0.170. The topological polar surface area (TPSA) is 109 Å². The highest BCUT2D eigenvalue weighted by atomic mass is 16.2. The van der Waals surface area contributed by atoms with E-state index in [1.54, 1.807) is 4.68 Å². The zero-order valence-electron chi connectivity index (χ0n) is 11.9. The fourth-order valence-corrected chi connectivity index (χ4v) is 2.14. The molecule has 22 heavy (non-hydrogen) atoms. The highest BCUT2D eigenvalue weighted by molar-refractivity contribution is 5.74. The first-order chi connectivity index (χ1) is 10.5. The Hall–Kier alpha value is -3.03. The second-order valence-electron chi connectivity index (χ2n) is 5.05. The summed E-state index contributed by atoms with van der Waals surface area (Å²) in [4.78, 5) is 27.3. The Labute approximate surface area is 125 Å². The van der Waals surface area contributed by atoms with Crippen molar-refractivity contribution in [1.29, 1.82) is 0 Å². The van der Waals surface area contributed by atoms with E-state index in [1.165, 1.54) is 11.9 Å².